The Bertz CT molecular complexity index is 912. The van der Waals surface area contributed by atoms with Gasteiger partial charge in [0.15, 0.2) is 0 Å². The van der Waals surface area contributed by atoms with E-state index in [-0.39, 0.29) is 24.8 Å². The number of ether oxygens (including phenoxy) is 2. The molecule has 1 heterocycles. The van der Waals surface area contributed by atoms with Crippen LogP contribution < -0.4 is 14.8 Å². The van der Waals surface area contributed by atoms with Crippen LogP contribution in [0.2, 0.25) is 0 Å². The Kier molecular flexibility index (Phi) is 6.05. The van der Waals surface area contributed by atoms with Crippen molar-refractivity contribution in [2.75, 3.05) is 13.2 Å². The highest BCUT2D eigenvalue weighted by Gasteiger charge is 2.22. The van der Waals surface area contributed by atoms with Crippen molar-refractivity contribution in [1.29, 1.82) is 0 Å². The van der Waals surface area contributed by atoms with Gasteiger partial charge < -0.3 is 14.8 Å². The first-order valence-corrected chi connectivity index (χ1v) is 9.09. The molecule has 0 aliphatic carbocycles. The summed E-state index contributed by atoms with van der Waals surface area (Å²) in [5.74, 6) is 0.914. The summed E-state index contributed by atoms with van der Waals surface area (Å²) in [5, 5.41) is 13.2. The first kappa shape index (κ1) is 18.9. The largest absolute Gasteiger partial charge is 0.490 e. The molecule has 1 aliphatic heterocycles. The van der Waals surface area contributed by atoms with Gasteiger partial charge in [-0.2, -0.15) is 0 Å². The number of thioether (sulfide) groups is 1. The number of hydrogen-bond donors (Lipinski definition) is 1. The summed E-state index contributed by atoms with van der Waals surface area (Å²) in [6.07, 6.45) is 1.73. The van der Waals surface area contributed by atoms with Crippen molar-refractivity contribution in [1.82, 2.24) is 5.32 Å². The van der Waals surface area contributed by atoms with E-state index in [4.69, 9.17) is 21.7 Å². The number of carbonyl (C=O) groups is 1. The Morgan fingerprint density at radius 1 is 1.11 bits per heavy atom. The number of nitro benzene ring substituents is 1. The first-order chi connectivity index (χ1) is 13.0. The Hall–Kier alpha value is -2.91. The topological polar surface area (TPSA) is 90.7 Å². The van der Waals surface area contributed by atoms with Crippen molar-refractivity contribution in [3.05, 3.63) is 69.1 Å². The molecule has 0 aromatic heterocycles. The smallest absolute Gasteiger partial charge is 0.269 e. The number of amides is 1. The molecule has 1 amide bonds. The van der Waals surface area contributed by atoms with E-state index in [0.29, 0.717) is 20.7 Å². The van der Waals surface area contributed by atoms with E-state index in [1.54, 1.807) is 12.1 Å². The van der Waals surface area contributed by atoms with Gasteiger partial charge in [0.25, 0.3) is 11.6 Å². The monoisotopic (exact) mass is 402 g/mol. The van der Waals surface area contributed by atoms with Crippen LogP contribution in [0.4, 0.5) is 5.69 Å². The van der Waals surface area contributed by atoms with Crippen molar-refractivity contribution < 1.29 is 19.2 Å². The van der Waals surface area contributed by atoms with Gasteiger partial charge in [-0.05, 0) is 24.3 Å². The zero-order valence-electron chi connectivity index (χ0n) is 13.9. The minimum atomic E-state index is -0.464. The number of carbonyl (C=O) groups excluding carboxylic acids is 1. The fourth-order valence-electron chi connectivity index (χ4n) is 2.27. The molecule has 7 nitrogen and oxygen atoms in total. The van der Waals surface area contributed by atoms with E-state index in [1.807, 2.05) is 18.2 Å². The van der Waals surface area contributed by atoms with Crippen LogP contribution in [0.25, 0.3) is 6.08 Å². The van der Waals surface area contributed by atoms with Crippen LogP contribution in [0.5, 0.6) is 11.5 Å². The second-order valence-electron chi connectivity index (χ2n) is 5.34. The predicted octanol–water partition coefficient (Wildman–Crippen LogP) is 3.54. The van der Waals surface area contributed by atoms with Crippen molar-refractivity contribution in [3.8, 4) is 11.5 Å². The van der Waals surface area contributed by atoms with Gasteiger partial charge in [0.1, 0.15) is 29.0 Å². The third-order valence-electron chi connectivity index (χ3n) is 3.50. The molecule has 3 rings (SSSR count). The van der Waals surface area contributed by atoms with E-state index in [1.165, 1.54) is 36.0 Å². The Morgan fingerprint density at radius 3 is 2.48 bits per heavy atom. The molecule has 0 bridgehead atoms. The van der Waals surface area contributed by atoms with Crippen LogP contribution in [0.1, 0.15) is 5.56 Å². The summed E-state index contributed by atoms with van der Waals surface area (Å²) in [4.78, 5) is 22.5. The summed E-state index contributed by atoms with van der Waals surface area (Å²) >= 11 is 6.19. The molecule has 0 atom stereocenters. The van der Waals surface area contributed by atoms with Crippen LogP contribution in [0, 0.1) is 10.1 Å². The molecule has 2 aromatic rings. The maximum Gasteiger partial charge on any atom is 0.269 e. The van der Waals surface area contributed by atoms with Gasteiger partial charge in [-0.15, -0.1) is 0 Å². The number of nitrogens with zero attached hydrogens (tertiary/aromatic N) is 1. The summed E-state index contributed by atoms with van der Waals surface area (Å²) in [6.45, 7) is 0.539. The third-order valence-corrected chi connectivity index (χ3v) is 4.67. The van der Waals surface area contributed by atoms with Crippen LogP contribution in [-0.2, 0) is 4.79 Å². The number of benzene rings is 2. The van der Waals surface area contributed by atoms with Crippen molar-refractivity contribution in [2.24, 2.45) is 0 Å². The van der Waals surface area contributed by atoms with E-state index in [0.717, 1.165) is 5.56 Å². The molecule has 1 fully saturated rings. The fraction of sp³-hybridized carbons (Fsp3) is 0.111. The number of para-hydroxylation sites is 1. The second-order valence-corrected chi connectivity index (χ2v) is 7.06. The molecule has 0 unspecified atom stereocenters. The molecule has 0 radical (unpaired) electrons. The lowest BCUT2D eigenvalue weighted by atomic mass is 10.2. The minimum absolute atomic E-state index is 0.00821. The van der Waals surface area contributed by atoms with Crippen LogP contribution in [-0.4, -0.2) is 28.4 Å². The molecule has 1 aliphatic rings. The molecule has 0 spiro atoms. The summed E-state index contributed by atoms with van der Waals surface area (Å²) in [6, 6.07) is 13.2. The Labute approximate surface area is 164 Å². The SMILES string of the molecule is O=C1NC(=S)S/C1=C/c1ccccc1OCCOc1ccc([N+](=O)[O-])cc1. The predicted molar refractivity (Wildman–Crippen MR) is 107 cm³/mol. The Balaban J connectivity index is 1.57. The lowest BCUT2D eigenvalue weighted by molar-refractivity contribution is -0.384. The molecule has 0 saturated carbocycles. The molecule has 1 saturated heterocycles. The second kappa shape index (κ2) is 8.65. The average molecular weight is 402 g/mol. The number of thiocarbonyl (C=S) groups is 1. The maximum atomic E-state index is 11.8. The lowest BCUT2D eigenvalue weighted by Crippen LogP contribution is -2.17. The number of nitrogens with one attached hydrogen (secondary N) is 1. The average Bonchev–Trinajstić information content (AvgIpc) is 2.97. The van der Waals surface area contributed by atoms with Crippen LogP contribution in [0.15, 0.2) is 53.4 Å². The lowest BCUT2D eigenvalue weighted by Gasteiger charge is -2.10. The molecular weight excluding hydrogens is 388 g/mol. The molecular formula is C18H14N2O5S2. The summed E-state index contributed by atoms with van der Waals surface area (Å²) < 4.78 is 11.7. The number of nitro groups is 1. The number of rotatable bonds is 7. The van der Waals surface area contributed by atoms with E-state index < -0.39 is 4.92 Å². The van der Waals surface area contributed by atoms with E-state index in [9.17, 15) is 14.9 Å². The quantitative estimate of drug-likeness (QED) is 0.249. The van der Waals surface area contributed by atoms with Gasteiger partial charge in [0.2, 0.25) is 0 Å². The van der Waals surface area contributed by atoms with E-state index in [2.05, 4.69) is 5.32 Å². The first-order valence-electron chi connectivity index (χ1n) is 7.87. The van der Waals surface area contributed by atoms with Crippen LogP contribution >= 0.6 is 24.0 Å². The highest BCUT2D eigenvalue weighted by atomic mass is 32.2. The normalized spacial score (nSPS) is 14.9. The molecule has 1 N–H and O–H groups in total. The van der Waals surface area contributed by atoms with Gasteiger partial charge in [-0.1, -0.05) is 42.2 Å². The molecule has 2 aromatic carbocycles. The van der Waals surface area contributed by atoms with Crippen molar-refractivity contribution in [3.63, 3.8) is 0 Å². The highest BCUT2D eigenvalue weighted by Crippen LogP contribution is 2.29. The minimum Gasteiger partial charge on any atom is -0.490 e. The van der Waals surface area contributed by atoms with Gasteiger partial charge >= 0.3 is 0 Å². The van der Waals surface area contributed by atoms with Crippen molar-refractivity contribution >= 4 is 46.0 Å². The van der Waals surface area contributed by atoms with Crippen molar-refractivity contribution in [2.45, 2.75) is 0 Å². The van der Waals surface area contributed by atoms with Gasteiger partial charge in [0.05, 0.1) is 9.83 Å². The van der Waals surface area contributed by atoms with Gasteiger partial charge in [0, 0.05) is 17.7 Å². The maximum absolute atomic E-state index is 11.8. The Morgan fingerprint density at radius 2 is 1.81 bits per heavy atom. The summed E-state index contributed by atoms with van der Waals surface area (Å²) in [7, 11) is 0. The number of hydrogen-bond acceptors (Lipinski definition) is 7. The zero-order valence-corrected chi connectivity index (χ0v) is 15.5. The third kappa shape index (κ3) is 5.05. The summed E-state index contributed by atoms with van der Waals surface area (Å²) in [5.41, 5.74) is 0.768. The van der Waals surface area contributed by atoms with Gasteiger partial charge in [-0.3, -0.25) is 14.9 Å². The molecule has 9 heteroatoms. The molecule has 27 heavy (non-hydrogen) atoms. The zero-order chi connectivity index (χ0) is 19.2. The highest BCUT2D eigenvalue weighted by molar-refractivity contribution is 8.26. The van der Waals surface area contributed by atoms with Crippen LogP contribution in [0.3, 0.4) is 0 Å². The molecule has 138 valence electrons. The van der Waals surface area contributed by atoms with Gasteiger partial charge in [-0.25, -0.2) is 0 Å². The fourth-order valence-corrected chi connectivity index (χ4v) is 3.30. The van der Waals surface area contributed by atoms with E-state index >= 15 is 0 Å². The standard InChI is InChI=1S/C18H14N2O5S2/c21-17-16(27-18(26)19-17)11-12-3-1-2-4-15(12)25-10-9-24-14-7-5-13(6-8-14)20(22)23/h1-8,11H,9-10H2,(H,19,21,26)/b16-11+. The number of non-ortho nitro benzene ring substituents is 1.